The van der Waals surface area contributed by atoms with E-state index < -0.39 is 53.7 Å². The number of amides is 3. The largest absolute Gasteiger partial charge is 0.480 e. The smallest absolute Gasteiger partial charge is 0.410 e. The van der Waals surface area contributed by atoms with Crippen LogP contribution in [0.3, 0.4) is 0 Å². The Hall–Kier alpha value is -2.36. The second-order valence-corrected chi connectivity index (χ2v) is 9.68. The molecule has 10 heteroatoms. The molecule has 0 aromatic rings. The first-order valence-corrected chi connectivity index (χ1v) is 10.7. The number of nitrogens with zero attached hydrogens (tertiary/aromatic N) is 2. The molecule has 2 rings (SSSR count). The van der Waals surface area contributed by atoms with Gasteiger partial charge in [0.2, 0.25) is 11.8 Å². The van der Waals surface area contributed by atoms with Crippen molar-refractivity contribution in [3.8, 4) is 0 Å². The molecule has 2 fully saturated rings. The highest BCUT2D eigenvalue weighted by atomic mass is 16.6. The third-order valence-corrected chi connectivity index (χ3v) is 6.08. The van der Waals surface area contributed by atoms with E-state index in [-0.39, 0.29) is 18.4 Å². The van der Waals surface area contributed by atoms with Crippen molar-refractivity contribution in [2.75, 3.05) is 7.05 Å². The predicted octanol–water partition coefficient (Wildman–Crippen LogP) is 0.962. The Balaban J connectivity index is 2.18. The molecule has 176 valence electrons. The molecule has 0 aliphatic carbocycles. The molecular formula is C21H35N3O7. The summed E-state index contributed by atoms with van der Waals surface area (Å²) in [5, 5.41) is 22.7. The monoisotopic (exact) mass is 441 g/mol. The Morgan fingerprint density at radius 1 is 1.23 bits per heavy atom. The average Bonchev–Trinajstić information content (AvgIpc) is 3.06. The molecule has 0 unspecified atom stereocenters. The van der Waals surface area contributed by atoms with Crippen molar-refractivity contribution in [3.63, 3.8) is 0 Å². The second kappa shape index (κ2) is 9.42. The molecule has 6 atom stereocenters. The van der Waals surface area contributed by atoms with E-state index in [9.17, 15) is 29.4 Å². The molecule has 0 saturated carbocycles. The summed E-state index contributed by atoms with van der Waals surface area (Å²) < 4.78 is 5.27. The second-order valence-electron chi connectivity index (χ2n) is 9.68. The SMILES string of the molecule is C[C@H]1C[C@H]2CC[C@@H](C(=O)O)N2C(=O)[C@@H](NC(=O)[C@H](C)N(C)C(=O)OC(C)(C)C)C[C@@H]1O. The summed E-state index contributed by atoms with van der Waals surface area (Å²) in [7, 11) is 1.42. The molecule has 2 aliphatic heterocycles. The van der Waals surface area contributed by atoms with E-state index in [0.717, 1.165) is 4.90 Å². The van der Waals surface area contributed by atoms with E-state index in [1.54, 1.807) is 20.8 Å². The lowest BCUT2D eigenvalue weighted by Gasteiger charge is -2.38. The van der Waals surface area contributed by atoms with Gasteiger partial charge in [-0.2, -0.15) is 0 Å². The van der Waals surface area contributed by atoms with Crippen LogP contribution in [0.15, 0.2) is 0 Å². The summed E-state index contributed by atoms with van der Waals surface area (Å²) in [4.78, 5) is 52.5. The molecule has 3 amide bonds. The van der Waals surface area contributed by atoms with Crippen LogP contribution in [0.2, 0.25) is 0 Å². The summed E-state index contributed by atoms with van der Waals surface area (Å²) >= 11 is 0. The summed E-state index contributed by atoms with van der Waals surface area (Å²) in [6.07, 6.45) is -0.137. The van der Waals surface area contributed by atoms with E-state index in [4.69, 9.17) is 4.74 Å². The van der Waals surface area contributed by atoms with Crippen molar-refractivity contribution >= 4 is 23.9 Å². The van der Waals surface area contributed by atoms with Crippen LogP contribution >= 0.6 is 0 Å². The van der Waals surface area contributed by atoms with Crippen molar-refractivity contribution in [1.29, 1.82) is 0 Å². The highest BCUT2D eigenvalue weighted by Gasteiger charge is 2.46. The first-order chi connectivity index (χ1) is 14.2. The molecule has 2 aliphatic rings. The van der Waals surface area contributed by atoms with Crippen molar-refractivity contribution < 1.29 is 34.1 Å². The van der Waals surface area contributed by atoms with E-state index in [0.29, 0.717) is 19.3 Å². The van der Waals surface area contributed by atoms with Gasteiger partial charge in [0.1, 0.15) is 23.7 Å². The van der Waals surface area contributed by atoms with E-state index >= 15 is 0 Å². The average molecular weight is 442 g/mol. The Kier molecular flexibility index (Phi) is 7.57. The topological polar surface area (TPSA) is 136 Å². The maximum Gasteiger partial charge on any atom is 0.410 e. The number of carbonyl (C=O) groups is 4. The zero-order valence-corrected chi connectivity index (χ0v) is 19.1. The number of aliphatic carboxylic acids is 1. The van der Waals surface area contributed by atoms with Gasteiger partial charge in [-0.25, -0.2) is 9.59 Å². The number of aliphatic hydroxyl groups is 1. The fourth-order valence-corrected chi connectivity index (χ4v) is 4.11. The van der Waals surface area contributed by atoms with Crippen LogP contribution in [-0.4, -0.2) is 86.8 Å². The highest BCUT2D eigenvalue weighted by Crippen LogP contribution is 2.33. The summed E-state index contributed by atoms with van der Waals surface area (Å²) in [5.74, 6) is -2.33. The number of aliphatic hydroxyl groups excluding tert-OH is 1. The third-order valence-electron chi connectivity index (χ3n) is 6.08. The number of hydrogen-bond acceptors (Lipinski definition) is 6. The lowest BCUT2D eigenvalue weighted by atomic mass is 9.88. The fourth-order valence-electron chi connectivity index (χ4n) is 4.11. The number of hydrogen-bond donors (Lipinski definition) is 3. The molecule has 0 radical (unpaired) electrons. The van der Waals surface area contributed by atoms with Gasteiger partial charge in [0.05, 0.1) is 6.10 Å². The summed E-state index contributed by atoms with van der Waals surface area (Å²) in [6, 6.07) is -3.25. The van der Waals surface area contributed by atoms with Gasteiger partial charge in [0, 0.05) is 19.5 Å². The normalized spacial score (nSPS) is 30.0. The number of carboxylic acids is 1. The van der Waals surface area contributed by atoms with Crippen LogP contribution in [0.1, 0.15) is 60.3 Å². The highest BCUT2D eigenvalue weighted by molar-refractivity contribution is 5.93. The standard InChI is InChI=1S/C21H35N3O7/c1-11-9-13-7-8-15(19(28)29)24(13)18(27)14(10-16(11)25)22-17(26)12(2)23(6)20(30)31-21(3,4)5/h11-16,25H,7-10H2,1-6H3,(H,22,26)(H,28,29)/t11-,12-,13+,14-,15-,16-/m0/s1. The molecular weight excluding hydrogens is 406 g/mol. The number of rotatable bonds is 4. The van der Waals surface area contributed by atoms with Crippen molar-refractivity contribution in [2.24, 2.45) is 5.92 Å². The van der Waals surface area contributed by atoms with Gasteiger partial charge in [0.15, 0.2) is 0 Å². The zero-order valence-electron chi connectivity index (χ0n) is 19.1. The fraction of sp³-hybridized carbons (Fsp3) is 0.810. The molecule has 31 heavy (non-hydrogen) atoms. The van der Waals surface area contributed by atoms with Crippen LogP contribution in [-0.2, 0) is 19.1 Å². The van der Waals surface area contributed by atoms with Gasteiger partial charge in [-0.15, -0.1) is 0 Å². The maximum atomic E-state index is 13.2. The minimum absolute atomic E-state index is 0.0236. The van der Waals surface area contributed by atoms with Gasteiger partial charge in [0.25, 0.3) is 0 Å². The quantitative estimate of drug-likeness (QED) is 0.591. The molecule has 0 bridgehead atoms. The minimum Gasteiger partial charge on any atom is -0.480 e. The molecule has 0 aromatic carbocycles. The van der Waals surface area contributed by atoms with Crippen LogP contribution in [0.5, 0.6) is 0 Å². The summed E-state index contributed by atoms with van der Waals surface area (Å²) in [6.45, 7) is 8.49. The summed E-state index contributed by atoms with van der Waals surface area (Å²) in [5.41, 5.74) is -0.728. The zero-order chi connectivity index (χ0) is 23.7. The van der Waals surface area contributed by atoms with Gasteiger partial charge >= 0.3 is 12.1 Å². The number of carbonyl (C=O) groups excluding carboxylic acids is 3. The van der Waals surface area contributed by atoms with Crippen LogP contribution < -0.4 is 5.32 Å². The number of ether oxygens (including phenoxy) is 1. The molecule has 10 nitrogen and oxygen atoms in total. The van der Waals surface area contributed by atoms with E-state index in [2.05, 4.69) is 5.32 Å². The number of fused-ring (bicyclic) bond motifs is 1. The molecule has 0 spiro atoms. The molecule has 0 aromatic heterocycles. The van der Waals surface area contributed by atoms with E-state index in [1.807, 2.05) is 6.92 Å². The van der Waals surface area contributed by atoms with Crippen molar-refractivity contribution in [3.05, 3.63) is 0 Å². The Morgan fingerprint density at radius 3 is 2.39 bits per heavy atom. The van der Waals surface area contributed by atoms with Crippen LogP contribution in [0.25, 0.3) is 0 Å². The maximum absolute atomic E-state index is 13.2. The lowest BCUT2D eigenvalue weighted by molar-refractivity contribution is -0.153. The Bertz CT molecular complexity index is 720. The van der Waals surface area contributed by atoms with Gasteiger partial charge < -0.3 is 25.2 Å². The molecule has 2 saturated heterocycles. The Labute approximate surface area is 182 Å². The molecule has 2 heterocycles. The molecule has 3 N–H and O–H groups in total. The van der Waals surface area contributed by atoms with Gasteiger partial charge in [-0.1, -0.05) is 6.92 Å². The minimum atomic E-state index is -1.08. The number of nitrogens with one attached hydrogen (secondary N) is 1. The van der Waals surface area contributed by atoms with Gasteiger partial charge in [-0.05, 0) is 52.9 Å². The van der Waals surface area contributed by atoms with Crippen LogP contribution in [0, 0.1) is 5.92 Å². The Morgan fingerprint density at radius 2 is 1.84 bits per heavy atom. The van der Waals surface area contributed by atoms with Crippen LogP contribution in [0.4, 0.5) is 4.79 Å². The number of likely N-dealkylation sites (N-methyl/N-ethyl adjacent to an activating group) is 1. The first-order valence-electron chi connectivity index (χ1n) is 10.7. The van der Waals surface area contributed by atoms with Crippen molar-refractivity contribution in [1.82, 2.24) is 15.1 Å². The van der Waals surface area contributed by atoms with E-state index in [1.165, 1.54) is 18.9 Å². The lowest BCUT2D eigenvalue weighted by Crippen LogP contribution is -2.59. The third kappa shape index (κ3) is 5.87. The van der Waals surface area contributed by atoms with Crippen molar-refractivity contribution in [2.45, 2.75) is 96.2 Å². The number of carboxylic acid groups (broad SMARTS) is 1. The first kappa shape index (κ1) is 24.9. The predicted molar refractivity (Wildman–Crippen MR) is 111 cm³/mol. The van der Waals surface area contributed by atoms with Gasteiger partial charge in [-0.3, -0.25) is 14.5 Å².